The smallest absolute Gasteiger partial charge is 0.406 e. The second kappa shape index (κ2) is 9.84. The second-order valence-electron chi connectivity index (χ2n) is 9.11. The molecule has 2 unspecified atom stereocenters. The summed E-state index contributed by atoms with van der Waals surface area (Å²) in [5, 5.41) is 3.34. The van der Waals surface area contributed by atoms with Crippen LogP contribution >= 0.6 is 0 Å². The number of rotatable bonds is 8. The average Bonchev–Trinajstić information content (AvgIpc) is 3.16. The van der Waals surface area contributed by atoms with Gasteiger partial charge in [-0.25, -0.2) is 13.1 Å². The van der Waals surface area contributed by atoms with Crippen LogP contribution in [0, 0.1) is 0 Å². The first-order chi connectivity index (χ1) is 15.8. The van der Waals surface area contributed by atoms with Gasteiger partial charge in [0.1, 0.15) is 5.75 Å². The fourth-order valence-electron chi connectivity index (χ4n) is 4.63. The Hall–Kier alpha value is -2.15. The van der Waals surface area contributed by atoms with E-state index in [4.69, 9.17) is 5.73 Å². The summed E-state index contributed by atoms with van der Waals surface area (Å²) in [6.45, 7) is 4.42. The first kappa shape index (κ1) is 26.5. The van der Waals surface area contributed by atoms with E-state index in [1.54, 1.807) is 17.9 Å². The molecule has 1 fully saturated rings. The Kier molecular flexibility index (Phi) is 7.66. The molecule has 1 aliphatic carbocycles. The Labute approximate surface area is 197 Å². The van der Waals surface area contributed by atoms with Gasteiger partial charge in [-0.2, -0.15) is 0 Å². The summed E-state index contributed by atoms with van der Waals surface area (Å²) in [6.07, 6.45) is 1.78. The van der Waals surface area contributed by atoms with E-state index >= 15 is 0 Å². The molecule has 1 amide bonds. The summed E-state index contributed by atoms with van der Waals surface area (Å²) in [4.78, 5) is 14.1. The SMILES string of the molecule is CCC1(NCC(=O)N2CCC[C@H]2N)CC=CC(C)(NS(=O)(=O)c2ccc(OC(F)(F)F)cc2)C1. The summed E-state index contributed by atoms with van der Waals surface area (Å²) in [6, 6.07) is 4.02. The average molecular weight is 505 g/mol. The van der Waals surface area contributed by atoms with E-state index in [9.17, 15) is 26.4 Å². The molecule has 1 saturated heterocycles. The van der Waals surface area contributed by atoms with Crippen LogP contribution in [0.1, 0.15) is 46.0 Å². The number of halogens is 3. The molecule has 0 aromatic heterocycles. The van der Waals surface area contributed by atoms with Gasteiger partial charge in [-0.3, -0.25) is 4.79 Å². The van der Waals surface area contributed by atoms with Crippen LogP contribution in [0.25, 0.3) is 0 Å². The highest BCUT2D eigenvalue weighted by Crippen LogP contribution is 2.34. The summed E-state index contributed by atoms with van der Waals surface area (Å²) in [7, 11) is -4.05. The molecular formula is C22H31F3N4O4S. The van der Waals surface area contributed by atoms with Gasteiger partial charge in [0.15, 0.2) is 0 Å². The molecule has 3 rings (SSSR count). The predicted octanol–water partition coefficient (Wildman–Crippen LogP) is 2.62. The third-order valence-electron chi connectivity index (χ3n) is 6.35. The topological polar surface area (TPSA) is 114 Å². The molecule has 1 aromatic carbocycles. The Morgan fingerprint density at radius 3 is 2.53 bits per heavy atom. The molecule has 3 atom stereocenters. The first-order valence-corrected chi connectivity index (χ1v) is 12.6. The maximum Gasteiger partial charge on any atom is 0.573 e. The Morgan fingerprint density at radius 2 is 1.97 bits per heavy atom. The minimum atomic E-state index is -4.86. The number of sulfonamides is 1. The molecule has 1 heterocycles. The number of hydrogen-bond donors (Lipinski definition) is 3. The van der Waals surface area contributed by atoms with E-state index in [1.165, 1.54) is 0 Å². The van der Waals surface area contributed by atoms with E-state index in [-0.39, 0.29) is 23.5 Å². The summed E-state index contributed by atoms with van der Waals surface area (Å²) < 4.78 is 69.5. The van der Waals surface area contributed by atoms with Crippen LogP contribution in [0.4, 0.5) is 13.2 Å². The fourth-order valence-corrected chi connectivity index (χ4v) is 6.00. The van der Waals surface area contributed by atoms with Crippen molar-refractivity contribution in [3.8, 4) is 5.75 Å². The lowest BCUT2D eigenvalue weighted by Crippen LogP contribution is -2.58. The highest BCUT2D eigenvalue weighted by molar-refractivity contribution is 7.89. The quantitative estimate of drug-likeness (QED) is 0.469. The number of nitrogens with two attached hydrogens (primary N) is 1. The van der Waals surface area contributed by atoms with Gasteiger partial charge >= 0.3 is 6.36 Å². The Morgan fingerprint density at radius 1 is 1.29 bits per heavy atom. The van der Waals surface area contributed by atoms with Gasteiger partial charge < -0.3 is 20.7 Å². The fraction of sp³-hybridized carbons (Fsp3) is 0.591. The Bertz CT molecular complexity index is 1020. The van der Waals surface area contributed by atoms with Crippen LogP contribution in [-0.4, -0.2) is 55.9 Å². The zero-order valence-corrected chi connectivity index (χ0v) is 20.0. The lowest BCUT2D eigenvalue weighted by Gasteiger charge is -2.44. The maximum atomic E-state index is 13.0. The van der Waals surface area contributed by atoms with Gasteiger partial charge in [-0.05, 0) is 63.3 Å². The number of nitrogens with one attached hydrogen (secondary N) is 2. The lowest BCUT2D eigenvalue weighted by molar-refractivity contribution is -0.274. The van der Waals surface area contributed by atoms with Crippen molar-refractivity contribution in [2.24, 2.45) is 5.73 Å². The molecule has 1 aliphatic heterocycles. The number of carbonyl (C=O) groups is 1. The van der Waals surface area contributed by atoms with Crippen LogP contribution in [0.15, 0.2) is 41.3 Å². The summed E-state index contributed by atoms with van der Waals surface area (Å²) in [5.41, 5.74) is 4.49. The molecular weight excluding hydrogens is 473 g/mol. The van der Waals surface area contributed by atoms with Crippen molar-refractivity contribution in [3.05, 3.63) is 36.4 Å². The number of benzene rings is 1. The van der Waals surface area contributed by atoms with E-state index < -0.39 is 33.2 Å². The highest BCUT2D eigenvalue weighted by atomic mass is 32.2. The lowest BCUT2D eigenvalue weighted by atomic mass is 9.75. The number of carbonyl (C=O) groups excluding carboxylic acids is 1. The molecule has 0 bridgehead atoms. The number of nitrogens with zero attached hydrogens (tertiary/aromatic N) is 1. The van der Waals surface area contributed by atoms with Crippen LogP contribution in [0.3, 0.4) is 0 Å². The Balaban J connectivity index is 1.69. The van der Waals surface area contributed by atoms with Crippen molar-refractivity contribution in [2.45, 2.75) is 74.5 Å². The second-order valence-corrected chi connectivity index (χ2v) is 10.8. The van der Waals surface area contributed by atoms with Crippen LogP contribution in [0.2, 0.25) is 0 Å². The molecule has 1 aromatic rings. The zero-order valence-electron chi connectivity index (χ0n) is 19.2. The third-order valence-corrected chi connectivity index (χ3v) is 7.97. The zero-order chi connectivity index (χ0) is 25.2. The van der Waals surface area contributed by atoms with Crippen molar-refractivity contribution in [1.29, 1.82) is 0 Å². The highest BCUT2D eigenvalue weighted by Gasteiger charge is 2.41. The van der Waals surface area contributed by atoms with E-state index in [0.29, 0.717) is 25.8 Å². The monoisotopic (exact) mass is 504 g/mol. The van der Waals surface area contributed by atoms with Crippen molar-refractivity contribution in [2.75, 3.05) is 13.1 Å². The molecule has 0 radical (unpaired) electrons. The van der Waals surface area contributed by atoms with Crippen molar-refractivity contribution < 1.29 is 31.1 Å². The molecule has 0 saturated carbocycles. The van der Waals surface area contributed by atoms with Gasteiger partial charge in [-0.1, -0.05) is 19.1 Å². The van der Waals surface area contributed by atoms with Gasteiger partial charge in [-0.15, -0.1) is 13.2 Å². The molecule has 8 nitrogen and oxygen atoms in total. The van der Waals surface area contributed by atoms with Gasteiger partial charge in [0.2, 0.25) is 15.9 Å². The van der Waals surface area contributed by atoms with Crippen molar-refractivity contribution >= 4 is 15.9 Å². The standard InChI is InChI=1S/C22H31F3N4O4S/c1-3-21(27-14-19(30)29-13-4-6-18(29)26)12-5-11-20(2,15-21)28-34(31,32)17-9-7-16(8-10-17)33-22(23,24)25/h5,7-11,18,27-28H,3-4,6,12-15,26H2,1-2H3/t18-,20?,21?/m0/s1. The molecule has 0 spiro atoms. The van der Waals surface area contributed by atoms with Gasteiger partial charge in [0.25, 0.3) is 0 Å². The predicted molar refractivity (Wildman–Crippen MR) is 120 cm³/mol. The summed E-state index contributed by atoms with van der Waals surface area (Å²) >= 11 is 0. The van der Waals surface area contributed by atoms with Crippen LogP contribution in [0.5, 0.6) is 5.75 Å². The van der Waals surface area contributed by atoms with Crippen molar-refractivity contribution in [3.63, 3.8) is 0 Å². The van der Waals surface area contributed by atoms with E-state index in [0.717, 1.165) is 37.1 Å². The minimum Gasteiger partial charge on any atom is -0.406 e. The molecule has 4 N–H and O–H groups in total. The van der Waals surface area contributed by atoms with E-state index in [1.807, 2.05) is 13.0 Å². The van der Waals surface area contributed by atoms with Crippen LogP contribution in [-0.2, 0) is 14.8 Å². The molecule has 2 aliphatic rings. The number of alkyl halides is 3. The minimum absolute atomic E-state index is 0.0872. The van der Waals surface area contributed by atoms with E-state index in [2.05, 4.69) is 14.8 Å². The third kappa shape index (κ3) is 6.49. The molecule has 34 heavy (non-hydrogen) atoms. The number of hydrogen-bond acceptors (Lipinski definition) is 6. The number of ether oxygens (including phenoxy) is 1. The number of likely N-dealkylation sites (tertiary alicyclic amines) is 1. The summed E-state index contributed by atoms with van der Waals surface area (Å²) in [5.74, 6) is -0.595. The molecule has 190 valence electrons. The number of amides is 1. The largest absolute Gasteiger partial charge is 0.573 e. The normalized spacial score (nSPS) is 27.7. The molecule has 12 heteroatoms. The van der Waals surface area contributed by atoms with Gasteiger partial charge in [0, 0.05) is 17.6 Å². The van der Waals surface area contributed by atoms with Crippen LogP contribution < -0.4 is 20.5 Å². The van der Waals surface area contributed by atoms with Crippen molar-refractivity contribution in [1.82, 2.24) is 14.9 Å². The first-order valence-electron chi connectivity index (χ1n) is 11.1. The van der Waals surface area contributed by atoms with Gasteiger partial charge in [0.05, 0.1) is 17.6 Å². The maximum absolute atomic E-state index is 13.0.